The molecule has 0 aliphatic heterocycles. The molecule has 2 aromatic carbocycles. The first-order chi connectivity index (χ1) is 12.5. The van der Waals surface area contributed by atoms with Crippen molar-refractivity contribution in [1.29, 1.82) is 0 Å². The number of hydrogen-bond donors (Lipinski definition) is 1. The molecule has 1 atom stereocenters. The molecule has 0 bridgehead atoms. The maximum absolute atomic E-state index is 12.3. The lowest BCUT2D eigenvalue weighted by Crippen LogP contribution is -2.17. The molecule has 1 unspecified atom stereocenters. The maximum atomic E-state index is 12.3. The van der Waals surface area contributed by atoms with Crippen molar-refractivity contribution in [3.05, 3.63) is 76.1 Å². The van der Waals surface area contributed by atoms with Gasteiger partial charge in [0.15, 0.2) is 5.43 Å². The highest BCUT2D eigenvalue weighted by Crippen LogP contribution is 2.23. The summed E-state index contributed by atoms with van der Waals surface area (Å²) in [6.45, 7) is 0. The van der Waals surface area contributed by atoms with Crippen molar-refractivity contribution in [3.63, 3.8) is 0 Å². The molecule has 0 fully saturated rings. The molecule has 0 radical (unpaired) electrons. The van der Waals surface area contributed by atoms with Crippen LogP contribution in [-0.4, -0.2) is 19.0 Å². The largest absolute Gasteiger partial charge is 0.463 e. The summed E-state index contributed by atoms with van der Waals surface area (Å²) in [6, 6.07) is 14.5. The van der Waals surface area contributed by atoms with Crippen LogP contribution < -0.4 is 10.7 Å². The Labute approximate surface area is 153 Å². The average molecular weight is 372 g/mol. The van der Waals surface area contributed by atoms with Crippen molar-refractivity contribution < 1.29 is 18.7 Å². The highest BCUT2D eigenvalue weighted by atomic mass is 35.5. The van der Waals surface area contributed by atoms with E-state index in [1.807, 2.05) is 6.07 Å². The van der Waals surface area contributed by atoms with Gasteiger partial charge in [0.25, 0.3) is 0 Å². The SMILES string of the molecule is COC(=O)c1cc(=O)c2cc(NC(=O)C(Cl)c3ccccc3)ccc2o1. The van der Waals surface area contributed by atoms with Gasteiger partial charge in [0.2, 0.25) is 11.7 Å². The fraction of sp³-hybridized carbons (Fsp3) is 0.105. The Morgan fingerprint density at radius 2 is 1.85 bits per heavy atom. The van der Waals surface area contributed by atoms with Crippen molar-refractivity contribution in [2.45, 2.75) is 5.38 Å². The van der Waals surface area contributed by atoms with E-state index in [2.05, 4.69) is 10.1 Å². The standard InChI is InChI=1S/C19H14ClNO5/c1-25-19(24)16-10-14(22)13-9-12(7-8-15(13)26-16)21-18(23)17(20)11-5-3-2-4-6-11/h2-10,17H,1H3,(H,21,23). The molecule has 1 heterocycles. The number of methoxy groups -OCH3 is 1. The lowest BCUT2D eigenvalue weighted by atomic mass is 10.1. The average Bonchev–Trinajstić information content (AvgIpc) is 2.67. The van der Waals surface area contributed by atoms with E-state index >= 15 is 0 Å². The van der Waals surface area contributed by atoms with Crippen LogP contribution in [0.3, 0.4) is 0 Å². The van der Waals surface area contributed by atoms with E-state index in [1.54, 1.807) is 30.3 Å². The number of carbonyl (C=O) groups excluding carboxylic acids is 2. The Morgan fingerprint density at radius 1 is 1.12 bits per heavy atom. The summed E-state index contributed by atoms with van der Waals surface area (Å²) in [7, 11) is 1.19. The minimum Gasteiger partial charge on any atom is -0.463 e. The van der Waals surface area contributed by atoms with Gasteiger partial charge in [0.05, 0.1) is 12.5 Å². The van der Waals surface area contributed by atoms with Crippen LogP contribution in [0.15, 0.2) is 63.8 Å². The first kappa shape index (κ1) is 17.7. The number of esters is 1. The number of rotatable bonds is 4. The summed E-state index contributed by atoms with van der Waals surface area (Å²) in [4.78, 5) is 36.0. The Hall–Kier alpha value is -3.12. The molecular weight excluding hydrogens is 358 g/mol. The molecule has 26 heavy (non-hydrogen) atoms. The minimum atomic E-state index is -0.870. The summed E-state index contributed by atoms with van der Waals surface area (Å²) in [5, 5.41) is 2.02. The van der Waals surface area contributed by atoms with Gasteiger partial charge >= 0.3 is 5.97 Å². The third-order valence-corrected chi connectivity index (χ3v) is 4.15. The Bertz CT molecular complexity index is 1030. The zero-order valence-electron chi connectivity index (χ0n) is 13.7. The maximum Gasteiger partial charge on any atom is 0.374 e. The monoisotopic (exact) mass is 371 g/mol. The van der Waals surface area contributed by atoms with E-state index < -0.39 is 22.7 Å². The zero-order chi connectivity index (χ0) is 18.7. The molecule has 0 saturated heterocycles. The second-order valence-corrected chi connectivity index (χ2v) is 5.88. The van der Waals surface area contributed by atoms with Gasteiger partial charge in [-0.1, -0.05) is 30.3 Å². The number of ether oxygens (including phenoxy) is 1. The highest BCUT2D eigenvalue weighted by Gasteiger charge is 2.18. The molecule has 3 rings (SSSR count). The highest BCUT2D eigenvalue weighted by molar-refractivity contribution is 6.32. The van der Waals surface area contributed by atoms with Gasteiger partial charge in [-0.2, -0.15) is 0 Å². The van der Waals surface area contributed by atoms with Crippen molar-refractivity contribution in [1.82, 2.24) is 0 Å². The number of carbonyl (C=O) groups is 2. The van der Waals surface area contributed by atoms with Crippen molar-refractivity contribution in [2.75, 3.05) is 12.4 Å². The van der Waals surface area contributed by atoms with Gasteiger partial charge in [-0.25, -0.2) is 4.79 Å². The molecule has 0 aliphatic carbocycles. The number of amides is 1. The lowest BCUT2D eigenvalue weighted by Gasteiger charge is -2.11. The number of benzene rings is 2. The van der Waals surface area contributed by atoms with Gasteiger partial charge < -0.3 is 14.5 Å². The summed E-state index contributed by atoms with van der Waals surface area (Å²) in [6.07, 6.45) is 0. The summed E-state index contributed by atoms with van der Waals surface area (Å²) in [5.41, 5.74) is 0.839. The van der Waals surface area contributed by atoms with Gasteiger partial charge in [-0.3, -0.25) is 9.59 Å². The van der Waals surface area contributed by atoms with Crippen LogP contribution in [0.5, 0.6) is 0 Å². The fourth-order valence-electron chi connectivity index (χ4n) is 2.41. The number of hydrogen-bond acceptors (Lipinski definition) is 5. The molecule has 7 heteroatoms. The van der Waals surface area contributed by atoms with Crippen LogP contribution in [0.1, 0.15) is 21.5 Å². The topological polar surface area (TPSA) is 85.6 Å². The summed E-state index contributed by atoms with van der Waals surface area (Å²) >= 11 is 6.18. The third kappa shape index (κ3) is 3.60. The van der Waals surface area contributed by atoms with Gasteiger partial charge in [-0.05, 0) is 23.8 Å². The number of fused-ring (bicyclic) bond motifs is 1. The van der Waals surface area contributed by atoms with E-state index in [9.17, 15) is 14.4 Å². The van der Waals surface area contributed by atoms with E-state index in [0.29, 0.717) is 11.3 Å². The lowest BCUT2D eigenvalue weighted by molar-refractivity contribution is -0.116. The fourth-order valence-corrected chi connectivity index (χ4v) is 2.61. The smallest absolute Gasteiger partial charge is 0.374 e. The predicted molar refractivity (Wildman–Crippen MR) is 97.5 cm³/mol. The van der Waals surface area contributed by atoms with Gasteiger partial charge in [0.1, 0.15) is 11.0 Å². The van der Waals surface area contributed by atoms with Crippen molar-refractivity contribution >= 4 is 40.1 Å². The number of halogens is 1. The Balaban J connectivity index is 1.87. The zero-order valence-corrected chi connectivity index (χ0v) is 14.4. The number of nitrogens with one attached hydrogen (secondary N) is 1. The molecule has 3 aromatic rings. The molecule has 0 aliphatic rings. The predicted octanol–water partition coefficient (Wildman–Crippen LogP) is 3.50. The molecule has 1 aromatic heterocycles. The van der Waals surface area contributed by atoms with Crippen LogP contribution in [0.4, 0.5) is 5.69 Å². The molecule has 1 amide bonds. The number of anilines is 1. The summed E-state index contributed by atoms with van der Waals surface area (Å²) in [5.74, 6) is -1.35. The van der Waals surface area contributed by atoms with Crippen LogP contribution in [0, 0.1) is 0 Å². The van der Waals surface area contributed by atoms with E-state index in [4.69, 9.17) is 16.0 Å². The minimum absolute atomic E-state index is 0.188. The van der Waals surface area contributed by atoms with Gasteiger partial charge in [0, 0.05) is 11.8 Å². The van der Waals surface area contributed by atoms with Crippen molar-refractivity contribution in [3.8, 4) is 0 Å². The third-order valence-electron chi connectivity index (χ3n) is 3.70. The van der Waals surface area contributed by atoms with E-state index in [1.165, 1.54) is 19.2 Å². The van der Waals surface area contributed by atoms with E-state index in [0.717, 1.165) is 6.07 Å². The Kier molecular flexibility index (Phi) is 5.04. The number of alkyl halides is 1. The van der Waals surface area contributed by atoms with Crippen LogP contribution >= 0.6 is 11.6 Å². The quantitative estimate of drug-likeness (QED) is 0.560. The molecule has 0 spiro atoms. The first-order valence-corrected chi connectivity index (χ1v) is 8.09. The molecule has 6 nitrogen and oxygen atoms in total. The van der Waals surface area contributed by atoms with Crippen LogP contribution in [0.25, 0.3) is 11.0 Å². The van der Waals surface area contributed by atoms with Crippen molar-refractivity contribution in [2.24, 2.45) is 0 Å². The van der Waals surface area contributed by atoms with Crippen LogP contribution in [-0.2, 0) is 9.53 Å². The summed E-state index contributed by atoms with van der Waals surface area (Å²) < 4.78 is 9.90. The van der Waals surface area contributed by atoms with Crippen LogP contribution in [0.2, 0.25) is 0 Å². The van der Waals surface area contributed by atoms with Gasteiger partial charge in [-0.15, -0.1) is 11.6 Å². The Morgan fingerprint density at radius 3 is 2.54 bits per heavy atom. The molecule has 1 N–H and O–H groups in total. The second-order valence-electron chi connectivity index (χ2n) is 5.44. The first-order valence-electron chi connectivity index (χ1n) is 7.65. The molecular formula is C19H14ClNO5. The van der Waals surface area contributed by atoms with E-state index in [-0.39, 0.29) is 16.7 Å². The molecule has 0 saturated carbocycles. The second kappa shape index (κ2) is 7.41. The normalized spacial score (nSPS) is 11.8. The molecule has 132 valence electrons.